The van der Waals surface area contributed by atoms with Crippen LogP contribution in [-0.2, 0) is 32.0 Å². The van der Waals surface area contributed by atoms with Crippen molar-refractivity contribution in [1.82, 2.24) is 10.2 Å². The number of hydrogen-bond acceptors (Lipinski definition) is 7. The highest BCUT2D eigenvalue weighted by Gasteiger charge is 2.32. The molecule has 0 aromatic carbocycles. The van der Waals surface area contributed by atoms with Gasteiger partial charge < -0.3 is 10.1 Å². The molecule has 29 heavy (non-hydrogen) atoms. The maximum Gasteiger partial charge on any atom is 0.414 e. The lowest BCUT2D eigenvalue weighted by Gasteiger charge is -2.18. The molecule has 0 unspecified atom stereocenters. The van der Waals surface area contributed by atoms with E-state index in [1.807, 2.05) is 0 Å². The fourth-order valence-electron chi connectivity index (χ4n) is 3.51. The number of likely N-dealkylation sites (tertiary alicyclic amines) is 1. The van der Waals surface area contributed by atoms with E-state index in [0.29, 0.717) is 17.3 Å². The molecule has 10 heteroatoms. The van der Waals surface area contributed by atoms with E-state index in [-0.39, 0.29) is 36.8 Å². The summed E-state index contributed by atoms with van der Waals surface area (Å²) in [5.41, 5.74) is 1.07. The van der Waals surface area contributed by atoms with Crippen LogP contribution in [0.3, 0.4) is 0 Å². The van der Waals surface area contributed by atoms with Crippen LogP contribution in [0.2, 0.25) is 0 Å². The molecule has 9 nitrogen and oxygen atoms in total. The maximum absolute atomic E-state index is 12.7. The Kier molecular flexibility index (Phi) is 6.31. The minimum Gasteiger partial charge on any atom is -0.450 e. The molecule has 1 fully saturated rings. The van der Waals surface area contributed by atoms with Gasteiger partial charge in [0.2, 0.25) is 17.7 Å². The predicted octanol–water partition coefficient (Wildman–Crippen LogP) is 1.85. The summed E-state index contributed by atoms with van der Waals surface area (Å²) in [7, 11) is 0. The van der Waals surface area contributed by atoms with Crippen LogP contribution in [0.4, 0.5) is 9.80 Å². The number of carbonyl (C=O) groups is 5. The van der Waals surface area contributed by atoms with Gasteiger partial charge in [-0.1, -0.05) is 6.92 Å². The van der Waals surface area contributed by atoms with Crippen molar-refractivity contribution in [3.63, 3.8) is 0 Å². The van der Waals surface area contributed by atoms with Crippen LogP contribution in [-0.4, -0.2) is 47.8 Å². The van der Waals surface area contributed by atoms with Gasteiger partial charge in [0.15, 0.2) is 0 Å². The van der Waals surface area contributed by atoms with Gasteiger partial charge in [0.25, 0.3) is 5.91 Å². The summed E-state index contributed by atoms with van der Waals surface area (Å²) in [6, 6.07) is 0. The minimum atomic E-state index is -0.854. The molecule has 0 radical (unpaired) electrons. The van der Waals surface area contributed by atoms with Crippen molar-refractivity contribution in [2.75, 3.05) is 18.5 Å². The number of fused-ring (bicyclic) bond motifs is 1. The molecular weight excluding hydrogens is 398 g/mol. The number of anilines is 1. The fourth-order valence-corrected chi connectivity index (χ4v) is 4.93. The lowest BCUT2D eigenvalue weighted by atomic mass is 9.88. The molecular formula is C19H23N3O6S. The Bertz CT molecular complexity index is 862. The molecule has 1 aliphatic heterocycles. The van der Waals surface area contributed by atoms with Crippen molar-refractivity contribution >= 4 is 46.1 Å². The van der Waals surface area contributed by atoms with Gasteiger partial charge in [-0.15, -0.1) is 11.3 Å². The molecule has 2 heterocycles. The number of nitrogens with one attached hydrogen (secondary N) is 2. The zero-order chi connectivity index (χ0) is 21.1. The Morgan fingerprint density at radius 3 is 2.52 bits per heavy atom. The van der Waals surface area contributed by atoms with Crippen LogP contribution < -0.4 is 10.6 Å². The zero-order valence-electron chi connectivity index (χ0n) is 16.3. The highest BCUT2D eigenvalue weighted by Crippen LogP contribution is 2.39. The Labute approximate surface area is 171 Å². The second-order valence-corrected chi connectivity index (χ2v) is 8.26. The summed E-state index contributed by atoms with van der Waals surface area (Å²) in [6.45, 7) is 3.48. The first-order valence-corrected chi connectivity index (χ1v) is 10.4. The number of hydrogen-bond donors (Lipinski definition) is 2. The maximum atomic E-state index is 12.7. The largest absolute Gasteiger partial charge is 0.450 e. The first-order chi connectivity index (χ1) is 13.8. The molecule has 0 spiro atoms. The van der Waals surface area contributed by atoms with Crippen molar-refractivity contribution < 1.29 is 28.7 Å². The summed E-state index contributed by atoms with van der Waals surface area (Å²) in [4.78, 5) is 62.3. The van der Waals surface area contributed by atoms with Gasteiger partial charge in [-0.2, -0.15) is 0 Å². The number of amides is 5. The number of alkyl carbamates (subject to hydrolysis) is 1. The molecule has 3 rings (SSSR count). The van der Waals surface area contributed by atoms with Crippen molar-refractivity contribution in [2.45, 2.75) is 46.0 Å². The van der Waals surface area contributed by atoms with Crippen molar-refractivity contribution in [3.05, 3.63) is 16.0 Å². The van der Waals surface area contributed by atoms with Crippen LogP contribution >= 0.6 is 11.3 Å². The lowest BCUT2D eigenvalue weighted by Crippen LogP contribution is -2.37. The molecule has 2 N–H and O–H groups in total. The van der Waals surface area contributed by atoms with Crippen LogP contribution in [0.25, 0.3) is 0 Å². The quantitative estimate of drug-likeness (QED) is 0.700. The third kappa shape index (κ3) is 4.64. The van der Waals surface area contributed by atoms with Crippen molar-refractivity contribution in [3.8, 4) is 0 Å². The van der Waals surface area contributed by atoms with E-state index in [1.54, 1.807) is 6.92 Å². The Morgan fingerprint density at radius 2 is 1.86 bits per heavy atom. The third-order valence-electron chi connectivity index (χ3n) is 4.94. The summed E-state index contributed by atoms with van der Waals surface area (Å²) < 4.78 is 4.77. The van der Waals surface area contributed by atoms with E-state index < -0.39 is 24.5 Å². The molecule has 1 aromatic heterocycles. The molecule has 1 atom stereocenters. The second kappa shape index (κ2) is 8.73. The van der Waals surface area contributed by atoms with E-state index in [2.05, 4.69) is 17.6 Å². The van der Waals surface area contributed by atoms with Crippen LogP contribution in [0.1, 0.15) is 53.9 Å². The third-order valence-corrected chi connectivity index (χ3v) is 6.11. The monoisotopic (exact) mass is 421 g/mol. The van der Waals surface area contributed by atoms with Gasteiger partial charge in [0, 0.05) is 17.7 Å². The first kappa shape index (κ1) is 21.0. The van der Waals surface area contributed by atoms with Crippen LogP contribution in [0, 0.1) is 5.92 Å². The van der Waals surface area contributed by atoms with Crippen LogP contribution in [0.5, 0.6) is 0 Å². The molecule has 0 bridgehead atoms. The van der Waals surface area contributed by atoms with E-state index in [0.717, 1.165) is 28.2 Å². The average Bonchev–Trinajstić information content (AvgIpc) is 3.15. The Balaban J connectivity index is 1.82. The summed E-state index contributed by atoms with van der Waals surface area (Å²) >= 11 is 1.29. The standard InChI is InChI=1S/C19H23N3O6S/c1-3-28-19(27)21-17(26)16-11-5-4-10(2)8-12(11)29-18(16)20-13(23)9-22-14(24)6-7-15(22)25/h10H,3-9H2,1-2H3,(H,20,23)(H,21,26,27)/t10-/m0/s1. The van der Waals surface area contributed by atoms with E-state index >= 15 is 0 Å². The number of carbonyl (C=O) groups excluding carboxylic acids is 5. The highest BCUT2D eigenvalue weighted by molar-refractivity contribution is 7.17. The normalized spacial score (nSPS) is 18.4. The van der Waals surface area contributed by atoms with E-state index in [9.17, 15) is 24.0 Å². The van der Waals surface area contributed by atoms with Gasteiger partial charge >= 0.3 is 6.09 Å². The summed E-state index contributed by atoms with van der Waals surface area (Å²) in [5, 5.41) is 5.15. The van der Waals surface area contributed by atoms with Crippen molar-refractivity contribution in [1.29, 1.82) is 0 Å². The molecule has 5 amide bonds. The average molecular weight is 421 g/mol. The zero-order valence-corrected chi connectivity index (χ0v) is 17.1. The highest BCUT2D eigenvalue weighted by atomic mass is 32.1. The first-order valence-electron chi connectivity index (χ1n) is 9.55. The van der Waals surface area contributed by atoms with Crippen molar-refractivity contribution in [2.24, 2.45) is 5.92 Å². The number of rotatable bonds is 5. The van der Waals surface area contributed by atoms with Crippen LogP contribution in [0.15, 0.2) is 0 Å². The second-order valence-electron chi connectivity index (χ2n) is 7.15. The fraction of sp³-hybridized carbons (Fsp3) is 0.526. The summed E-state index contributed by atoms with van der Waals surface area (Å²) in [5.74, 6) is -1.52. The molecule has 2 aliphatic rings. The smallest absolute Gasteiger partial charge is 0.414 e. The van der Waals surface area contributed by atoms with Gasteiger partial charge in [0.1, 0.15) is 11.5 Å². The lowest BCUT2D eigenvalue weighted by molar-refractivity contribution is -0.141. The minimum absolute atomic E-state index is 0.102. The Morgan fingerprint density at radius 1 is 1.17 bits per heavy atom. The number of thiophene rings is 1. The van der Waals surface area contributed by atoms with Gasteiger partial charge in [0.05, 0.1) is 12.2 Å². The molecule has 1 aliphatic carbocycles. The Hall–Kier alpha value is -2.75. The van der Waals surface area contributed by atoms with Gasteiger partial charge in [-0.25, -0.2) is 4.79 Å². The topological polar surface area (TPSA) is 122 Å². The number of imide groups is 2. The molecule has 1 saturated heterocycles. The molecule has 0 saturated carbocycles. The molecule has 156 valence electrons. The molecule has 1 aromatic rings. The van der Waals surface area contributed by atoms with E-state index in [1.165, 1.54) is 11.3 Å². The van der Waals surface area contributed by atoms with Gasteiger partial charge in [-0.3, -0.25) is 29.4 Å². The van der Waals surface area contributed by atoms with E-state index in [4.69, 9.17) is 4.74 Å². The van der Waals surface area contributed by atoms with Gasteiger partial charge in [-0.05, 0) is 37.7 Å². The summed E-state index contributed by atoms with van der Waals surface area (Å²) in [6.07, 6.45) is 1.69. The predicted molar refractivity (Wildman–Crippen MR) is 105 cm³/mol. The number of nitrogens with zero attached hydrogens (tertiary/aromatic N) is 1. The number of ether oxygens (including phenoxy) is 1. The SMILES string of the molecule is CCOC(=O)NC(=O)c1c(NC(=O)CN2C(=O)CCC2=O)sc2c1CC[C@H](C)C2.